The zero-order valence-electron chi connectivity index (χ0n) is 10.3. The molecule has 1 aromatic rings. The molecule has 1 saturated carbocycles. The van der Waals surface area contributed by atoms with E-state index in [1.165, 1.54) is 6.42 Å². The van der Waals surface area contributed by atoms with Crippen LogP contribution < -0.4 is 5.32 Å². The zero-order valence-corrected chi connectivity index (χ0v) is 11.9. The summed E-state index contributed by atoms with van der Waals surface area (Å²) in [5, 5.41) is 13.1. The number of halogens is 1. The maximum absolute atomic E-state index is 11.9. The standard InChI is InChI=1S/C14H18BrNO2/c15-12-6-4-11(5-7-12)13(17)16-10-14(18)8-2-1-3-9-14/h4-7,18H,1-3,8-10H2,(H,16,17). The molecule has 0 spiro atoms. The Hall–Kier alpha value is -0.870. The van der Waals surface area contributed by atoms with Crippen molar-refractivity contribution < 1.29 is 9.90 Å². The molecule has 0 aromatic heterocycles. The van der Waals surface area contributed by atoms with Crippen LogP contribution in [0.15, 0.2) is 28.7 Å². The highest BCUT2D eigenvalue weighted by molar-refractivity contribution is 9.10. The molecule has 1 aliphatic carbocycles. The molecule has 1 aliphatic rings. The first kappa shape index (κ1) is 13.6. The third kappa shape index (κ3) is 3.56. The van der Waals surface area contributed by atoms with Crippen molar-refractivity contribution in [3.05, 3.63) is 34.3 Å². The molecule has 0 heterocycles. The Morgan fingerprint density at radius 2 is 1.83 bits per heavy atom. The number of aliphatic hydroxyl groups is 1. The van der Waals surface area contributed by atoms with E-state index in [0.29, 0.717) is 12.1 Å². The molecule has 2 N–H and O–H groups in total. The van der Waals surface area contributed by atoms with E-state index in [1.54, 1.807) is 12.1 Å². The summed E-state index contributed by atoms with van der Waals surface area (Å²) in [6, 6.07) is 7.21. The van der Waals surface area contributed by atoms with Crippen molar-refractivity contribution in [3.63, 3.8) is 0 Å². The van der Waals surface area contributed by atoms with Gasteiger partial charge in [0.15, 0.2) is 0 Å². The minimum absolute atomic E-state index is 0.124. The molecule has 98 valence electrons. The molecule has 3 nitrogen and oxygen atoms in total. The molecular weight excluding hydrogens is 294 g/mol. The van der Waals surface area contributed by atoms with Crippen LogP contribution in [0.5, 0.6) is 0 Å². The van der Waals surface area contributed by atoms with E-state index in [-0.39, 0.29) is 5.91 Å². The number of carbonyl (C=O) groups is 1. The molecule has 0 bridgehead atoms. The smallest absolute Gasteiger partial charge is 0.251 e. The Morgan fingerprint density at radius 1 is 1.22 bits per heavy atom. The predicted octanol–water partition coefficient (Wildman–Crippen LogP) is 2.87. The fourth-order valence-electron chi connectivity index (χ4n) is 2.33. The van der Waals surface area contributed by atoms with Gasteiger partial charge >= 0.3 is 0 Å². The van der Waals surface area contributed by atoms with Gasteiger partial charge in [0.25, 0.3) is 5.91 Å². The van der Waals surface area contributed by atoms with Gasteiger partial charge in [-0.1, -0.05) is 35.2 Å². The van der Waals surface area contributed by atoms with Crippen molar-refractivity contribution in [1.82, 2.24) is 5.32 Å². The fraction of sp³-hybridized carbons (Fsp3) is 0.500. The number of rotatable bonds is 3. The Bertz CT molecular complexity index is 410. The van der Waals surface area contributed by atoms with E-state index in [4.69, 9.17) is 0 Å². The molecule has 1 amide bonds. The van der Waals surface area contributed by atoms with Crippen LogP contribution in [0.4, 0.5) is 0 Å². The van der Waals surface area contributed by atoms with Gasteiger partial charge in [0.05, 0.1) is 5.60 Å². The molecule has 0 aliphatic heterocycles. The Balaban J connectivity index is 1.89. The number of hydrogen-bond acceptors (Lipinski definition) is 2. The highest BCUT2D eigenvalue weighted by atomic mass is 79.9. The topological polar surface area (TPSA) is 49.3 Å². The van der Waals surface area contributed by atoms with Gasteiger partial charge in [-0.25, -0.2) is 0 Å². The van der Waals surface area contributed by atoms with Gasteiger partial charge in [-0.3, -0.25) is 4.79 Å². The summed E-state index contributed by atoms with van der Waals surface area (Å²) in [5.41, 5.74) is -0.0823. The maximum atomic E-state index is 11.9. The lowest BCUT2D eigenvalue weighted by atomic mass is 9.85. The highest BCUT2D eigenvalue weighted by Gasteiger charge is 2.29. The van der Waals surface area contributed by atoms with Crippen LogP contribution in [0.2, 0.25) is 0 Å². The van der Waals surface area contributed by atoms with Gasteiger partial charge in [-0.05, 0) is 37.1 Å². The number of carbonyl (C=O) groups excluding carboxylic acids is 1. The first-order chi connectivity index (χ1) is 8.59. The van der Waals surface area contributed by atoms with E-state index in [9.17, 15) is 9.90 Å². The largest absolute Gasteiger partial charge is 0.388 e. The lowest BCUT2D eigenvalue weighted by Crippen LogP contribution is -2.44. The van der Waals surface area contributed by atoms with Crippen molar-refractivity contribution in [1.29, 1.82) is 0 Å². The van der Waals surface area contributed by atoms with Gasteiger partial charge < -0.3 is 10.4 Å². The van der Waals surface area contributed by atoms with Crippen molar-refractivity contribution in [2.45, 2.75) is 37.7 Å². The van der Waals surface area contributed by atoms with E-state index >= 15 is 0 Å². The van der Waals surface area contributed by atoms with Crippen LogP contribution in [0.3, 0.4) is 0 Å². The summed E-state index contributed by atoms with van der Waals surface area (Å²) in [6.07, 6.45) is 4.85. The third-order valence-electron chi connectivity index (χ3n) is 3.47. The first-order valence-corrected chi connectivity index (χ1v) is 7.15. The fourth-order valence-corrected chi connectivity index (χ4v) is 2.60. The molecule has 1 aromatic carbocycles. The second-order valence-corrected chi connectivity index (χ2v) is 5.89. The molecule has 0 atom stereocenters. The zero-order chi connectivity index (χ0) is 13.0. The summed E-state index contributed by atoms with van der Waals surface area (Å²) in [7, 11) is 0. The van der Waals surface area contributed by atoms with E-state index in [0.717, 1.165) is 30.2 Å². The molecule has 4 heteroatoms. The van der Waals surface area contributed by atoms with Crippen LogP contribution in [0.25, 0.3) is 0 Å². The lowest BCUT2D eigenvalue weighted by molar-refractivity contribution is 0.00526. The van der Waals surface area contributed by atoms with Crippen molar-refractivity contribution in [2.24, 2.45) is 0 Å². The van der Waals surface area contributed by atoms with E-state index < -0.39 is 5.60 Å². The quantitative estimate of drug-likeness (QED) is 0.901. The van der Waals surface area contributed by atoms with Crippen LogP contribution >= 0.6 is 15.9 Å². The lowest BCUT2D eigenvalue weighted by Gasteiger charge is -2.32. The monoisotopic (exact) mass is 311 g/mol. The third-order valence-corrected chi connectivity index (χ3v) is 4.00. The number of hydrogen-bond donors (Lipinski definition) is 2. The van der Waals surface area contributed by atoms with Crippen LogP contribution in [-0.2, 0) is 0 Å². The number of benzene rings is 1. The average molecular weight is 312 g/mol. The molecule has 0 unspecified atom stereocenters. The van der Waals surface area contributed by atoms with Crippen LogP contribution in [-0.4, -0.2) is 23.2 Å². The van der Waals surface area contributed by atoms with E-state index in [2.05, 4.69) is 21.2 Å². The second-order valence-electron chi connectivity index (χ2n) is 4.97. The number of amides is 1. The molecule has 0 radical (unpaired) electrons. The second kappa shape index (κ2) is 5.85. The molecule has 18 heavy (non-hydrogen) atoms. The van der Waals surface area contributed by atoms with Gasteiger partial charge in [-0.15, -0.1) is 0 Å². The van der Waals surface area contributed by atoms with Crippen molar-refractivity contribution >= 4 is 21.8 Å². The van der Waals surface area contributed by atoms with Gasteiger partial charge in [0.2, 0.25) is 0 Å². The minimum Gasteiger partial charge on any atom is -0.388 e. The van der Waals surface area contributed by atoms with Gasteiger partial charge in [0.1, 0.15) is 0 Å². The summed E-state index contributed by atoms with van der Waals surface area (Å²) < 4.78 is 0.949. The SMILES string of the molecule is O=C(NCC1(O)CCCCC1)c1ccc(Br)cc1. The normalized spacial score (nSPS) is 18.3. The predicted molar refractivity (Wildman–Crippen MR) is 74.5 cm³/mol. The highest BCUT2D eigenvalue weighted by Crippen LogP contribution is 2.27. The summed E-state index contributed by atoms with van der Waals surface area (Å²) in [5.74, 6) is -0.124. The average Bonchev–Trinajstić information content (AvgIpc) is 2.38. The molecule has 1 fully saturated rings. The first-order valence-electron chi connectivity index (χ1n) is 6.35. The summed E-state index contributed by atoms with van der Waals surface area (Å²) in [4.78, 5) is 11.9. The van der Waals surface area contributed by atoms with Crippen molar-refractivity contribution in [3.8, 4) is 0 Å². The Labute approximate surface area is 116 Å². The summed E-state index contributed by atoms with van der Waals surface area (Å²) in [6.45, 7) is 0.349. The Kier molecular flexibility index (Phi) is 4.40. The number of nitrogens with one attached hydrogen (secondary N) is 1. The molecule has 2 rings (SSSR count). The van der Waals surface area contributed by atoms with Crippen LogP contribution in [0.1, 0.15) is 42.5 Å². The van der Waals surface area contributed by atoms with Crippen LogP contribution in [0, 0.1) is 0 Å². The summed E-state index contributed by atoms with van der Waals surface area (Å²) >= 11 is 3.33. The van der Waals surface area contributed by atoms with Gasteiger partial charge in [-0.2, -0.15) is 0 Å². The maximum Gasteiger partial charge on any atom is 0.251 e. The molecular formula is C14H18BrNO2. The van der Waals surface area contributed by atoms with E-state index in [1.807, 2.05) is 12.1 Å². The van der Waals surface area contributed by atoms with Crippen molar-refractivity contribution in [2.75, 3.05) is 6.54 Å². The molecule has 0 saturated heterocycles. The minimum atomic E-state index is -0.705. The Morgan fingerprint density at radius 3 is 2.44 bits per heavy atom. The van der Waals surface area contributed by atoms with Gasteiger partial charge in [0, 0.05) is 16.6 Å².